The van der Waals surface area contributed by atoms with Crippen molar-refractivity contribution in [1.29, 1.82) is 0 Å². The van der Waals surface area contributed by atoms with Crippen LogP contribution in [0.25, 0.3) is 10.8 Å². The summed E-state index contributed by atoms with van der Waals surface area (Å²) in [5, 5.41) is 6.82. The van der Waals surface area contributed by atoms with Gasteiger partial charge in [-0.15, -0.1) is 11.8 Å². The number of amides is 1. The van der Waals surface area contributed by atoms with Crippen molar-refractivity contribution < 1.29 is 9.53 Å². The number of hydrazone groups is 1. The lowest BCUT2D eigenvalue weighted by Crippen LogP contribution is -2.19. The number of halogens is 1. The van der Waals surface area contributed by atoms with Gasteiger partial charge < -0.3 is 4.74 Å². The molecule has 6 heteroatoms. The van der Waals surface area contributed by atoms with Crippen molar-refractivity contribution in [2.45, 2.75) is 11.8 Å². The van der Waals surface area contributed by atoms with E-state index in [1.165, 1.54) is 11.8 Å². The van der Waals surface area contributed by atoms with Crippen LogP contribution in [0.2, 0.25) is 5.02 Å². The number of thioether (sulfide) groups is 1. The Morgan fingerprint density at radius 2 is 1.85 bits per heavy atom. The summed E-state index contributed by atoms with van der Waals surface area (Å²) in [6.07, 6.45) is 1.66. The molecule has 1 amide bonds. The van der Waals surface area contributed by atoms with Gasteiger partial charge in [-0.25, -0.2) is 5.43 Å². The highest BCUT2D eigenvalue weighted by Crippen LogP contribution is 2.27. The average Bonchev–Trinajstić information content (AvgIpc) is 2.69. The molecule has 0 atom stereocenters. The third-order valence-electron chi connectivity index (χ3n) is 3.79. The molecule has 3 rings (SSSR count). The summed E-state index contributed by atoms with van der Waals surface area (Å²) in [7, 11) is 0. The van der Waals surface area contributed by atoms with Crippen LogP contribution in [0.1, 0.15) is 12.5 Å². The normalized spacial score (nSPS) is 11.0. The lowest BCUT2D eigenvalue weighted by Gasteiger charge is -2.09. The monoisotopic (exact) mass is 398 g/mol. The van der Waals surface area contributed by atoms with E-state index in [1.54, 1.807) is 18.3 Å². The van der Waals surface area contributed by atoms with Gasteiger partial charge in [0, 0.05) is 20.9 Å². The molecule has 0 radical (unpaired) electrons. The standard InChI is InChI=1S/C21H19ClN2O2S/c1-2-26-20-12-7-15(18-5-3-4-6-19(18)20)13-23-24-21(25)14-27-17-10-8-16(22)9-11-17/h3-13H,2,14H2,1H3,(H,24,25)/b23-13-. The fraction of sp³-hybridized carbons (Fsp3) is 0.143. The summed E-state index contributed by atoms with van der Waals surface area (Å²) in [6.45, 7) is 2.57. The lowest BCUT2D eigenvalue weighted by atomic mass is 10.0. The fourth-order valence-corrected chi connectivity index (χ4v) is 3.39. The smallest absolute Gasteiger partial charge is 0.250 e. The largest absolute Gasteiger partial charge is 0.493 e. The topological polar surface area (TPSA) is 50.7 Å². The highest BCUT2D eigenvalue weighted by atomic mass is 35.5. The molecule has 0 fully saturated rings. The van der Waals surface area contributed by atoms with Gasteiger partial charge in [-0.2, -0.15) is 5.10 Å². The molecule has 0 aromatic heterocycles. The van der Waals surface area contributed by atoms with E-state index in [-0.39, 0.29) is 11.7 Å². The van der Waals surface area contributed by atoms with Gasteiger partial charge in [0.2, 0.25) is 5.91 Å². The number of hydrogen-bond acceptors (Lipinski definition) is 4. The van der Waals surface area contributed by atoms with Gasteiger partial charge in [-0.3, -0.25) is 4.79 Å². The third kappa shape index (κ3) is 5.25. The number of nitrogens with zero attached hydrogens (tertiary/aromatic N) is 1. The Morgan fingerprint density at radius 3 is 2.59 bits per heavy atom. The molecule has 0 heterocycles. The quantitative estimate of drug-likeness (QED) is 0.341. The van der Waals surface area contributed by atoms with Crippen LogP contribution in [0.3, 0.4) is 0 Å². The molecular weight excluding hydrogens is 380 g/mol. The highest BCUT2D eigenvalue weighted by molar-refractivity contribution is 8.00. The summed E-state index contributed by atoms with van der Waals surface area (Å²) < 4.78 is 5.67. The molecule has 1 N–H and O–H groups in total. The number of fused-ring (bicyclic) bond motifs is 1. The maximum Gasteiger partial charge on any atom is 0.250 e. The second kappa shape index (κ2) is 9.44. The Labute approximate surface area is 167 Å². The van der Waals surface area contributed by atoms with Gasteiger partial charge >= 0.3 is 0 Å². The molecule has 0 saturated heterocycles. The van der Waals surface area contributed by atoms with E-state index in [4.69, 9.17) is 16.3 Å². The van der Waals surface area contributed by atoms with Crippen LogP contribution >= 0.6 is 23.4 Å². The number of benzene rings is 3. The fourth-order valence-electron chi connectivity index (χ4n) is 2.57. The van der Waals surface area contributed by atoms with E-state index in [9.17, 15) is 4.79 Å². The Hall–Kier alpha value is -2.50. The molecule has 0 aliphatic carbocycles. The van der Waals surface area contributed by atoms with Crippen molar-refractivity contribution in [1.82, 2.24) is 5.43 Å². The summed E-state index contributed by atoms with van der Waals surface area (Å²) in [6, 6.07) is 19.2. The Morgan fingerprint density at radius 1 is 1.11 bits per heavy atom. The van der Waals surface area contributed by atoms with Gasteiger partial charge in [0.1, 0.15) is 5.75 Å². The van der Waals surface area contributed by atoms with E-state index in [0.29, 0.717) is 11.6 Å². The van der Waals surface area contributed by atoms with Crippen molar-refractivity contribution in [3.05, 3.63) is 71.2 Å². The summed E-state index contributed by atoms with van der Waals surface area (Å²) >= 11 is 7.29. The predicted molar refractivity (Wildman–Crippen MR) is 113 cm³/mol. The van der Waals surface area contributed by atoms with Gasteiger partial charge in [0.25, 0.3) is 0 Å². The number of ether oxygens (including phenoxy) is 1. The number of nitrogens with one attached hydrogen (secondary N) is 1. The van der Waals surface area contributed by atoms with Crippen LogP contribution in [0.4, 0.5) is 0 Å². The first kappa shape index (κ1) is 19.3. The zero-order valence-corrected chi connectivity index (χ0v) is 16.4. The zero-order valence-electron chi connectivity index (χ0n) is 14.8. The number of carbonyl (C=O) groups is 1. The van der Waals surface area contributed by atoms with Crippen molar-refractivity contribution in [3.63, 3.8) is 0 Å². The molecule has 138 valence electrons. The van der Waals surface area contributed by atoms with E-state index in [1.807, 2.05) is 55.5 Å². The SMILES string of the molecule is CCOc1ccc(/C=N\NC(=O)CSc2ccc(Cl)cc2)c2ccccc12. The Bertz CT molecular complexity index is 958. The van der Waals surface area contributed by atoms with Gasteiger partial charge in [-0.1, -0.05) is 35.9 Å². The first-order valence-corrected chi connectivity index (χ1v) is 9.88. The maximum absolute atomic E-state index is 12.0. The summed E-state index contributed by atoms with van der Waals surface area (Å²) in [5.41, 5.74) is 3.49. The number of carbonyl (C=O) groups excluding carboxylic acids is 1. The molecule has 0 aliphatic heterocycles. The molecule has 3 aromatic carbocycles. The minimum atomic E-state index is -0.165. The molecule has 0 unspecified atom stereocenters. The van der Waals surface area contributed by atoms with Crippen molar-refractivity contribution in [2.24, 2.45) is 5.10 Å². The summed E-state index contributed by atoms with van der Waals surface area (Å²) in [4.78, 5) is 13.0. The summed E-state index contributed by atoms with van der Waals surface area (Å²) in [5.74, 6) is 0.957. The second-order valence-corrected chi connectivity index (χ2v) is 7.15. The first-order valence-electron chi connectivity index (χ1n) is 8.52. The van der Waals surface area contributed by atoms with Crippen molar-refractivity contribution >= 4 is 46.3 Å². The Balaban J connectivity index is 1.63. The molecule has 0 spiro atoms. The third-order valence-corrected chi connectivity index (χ3v) is 5.06. The maximum atomic E-state index is 12.0. The van der Waals surface area contributed by atoms with E-state index in [0.717, 1.165) is 27.0 Å². The molecule has 0 aliphatic rings. The van der Waals surface area contributed by atoms with Gasteiger partial charge in [-0.05, 0) is 48.7 Å². The van der Waals surface area contributed by atoms with Crippen LogP contribution in [-0.4, -0.2) is 24.5 Å². The number of rotatable bonds is 7. The zero-order chi connectivity index (χ0) is 19.1. The molecule has 4 nitrogen and oxygen atoms in total. The molecular formula is C21H19ClN2O2S. The first-order chi connectivity index (χ1) is 13.2. The van der Waals surface area contributed by atoms with Crippen LogP contribution in [0.5, 0.6) is 5.75 Å². The minimum Gasteiger partial charge on any atom is -0.493 e. The number of hydrogen-bond donors (Lipinski definition) is 1. The van der Waals surface area contributed by atoms with Crippen LogP contribution in [0.15, 0.2) is 70.7 Å². The second-order valence-electron chi connectivity index (χ2n) is 5.67. The van der Waals surface area contributed by atoms with Gasteiger partial charge in [0.15, 0.2) is 0 Å². The van der Waals surface area contributed by atoms with Crippen LogP contribution < -0.4 is 10.2 Å². The van der Waals surface area contributed by atoms with E-state index in [2.05, 4.69) is 10.5 Å². The Kier molecular flexibility index (Phi) is 6.74. The van der Waals surface area contributed by atoms with Gasteiger partial charge in [0.05, 0.1) is 18.6 Å². The highest BCUT2D eigenvalue weighted by Gasteiger charge is 2.06. The lowest BCUT2D eigenvalue weighted by molar-refractivity contribution is -0.118. The molecule has 3 aromatic rings. The minimum absolute atomic E-state index is 0.165. The van der Waals surface area contributed by atoms with Crippen LogP contribution in [0, 0.1) is 0 Å². The molecule has 27 heavy (non-hydrogen) atoms. The van der Waals surface area contributed by atoms with E-state index < -0.39 is 0 Å². The van der Waals surface area contributed by atoms with Crippen LogP contribution in [-0.2, 0) is 4.79 Å². The predicted octanol–water partition coefficient (Wildman–Crippen LogP) is 5.13. The van der Waals surface area contributed by atoms with Crippen molar-refractivity contribution in [2.75, 3.05) is 12.4 Å². The average molecular weight is 399 g/mol. The molecule has 0 saturated carbocycles. The molecule has 0 bridgehead atoms. The van der Waals surface area contributed by atoms with Crippen molar-refractivity contribution in [3.8, 4) is 5.75 Å². The van der Waals surface area contributed by atoms with E-state index >= 15 is 0 Å².